The smallest absolute Gasteiger partial charge is 0.157 e. The summed E-state index contributed by atoms with van der Waals surface area (Å²) in [6.45, 7) is 3.45. The van der Waals surface area contributed by atoms with E-state index in [0.717, 1.165) is 35.5 Å². The topological polar surface area (TPSA) is 52.6 Å². The number of ketones is 2. The summed E-state index contributed by atoms with van der Waals surface area (Å²) in [5.41, 5.74) is 4.04. The average molecular weight is 439 g/mol. The van der Waals surface area contributed by atoms with Gasteiger partial charge in [0.2, 0.25) is 0 Å². The summed E-state index contributed by atoms with van der Waals surface area (Å²) in [5.74, 6) is -0.667. The molecule has 162 valence electrons. The van der Waals surface area contributed by atoms with E-state index in [1.807, 2.05) is 49.4 Å². The molecule has 2 aromatic carbocycles. The Kier molecular flexibility index (Phi) is 5.49. The first kappa shape index (κ1) is 20.9. The SMILES string of the molecule is Cc1ccc(-c2ccc(Cl)cc2)cc1C1C(=O)CC(CC2OCC3(CC3)CO2)CC1=O. The van der Waals surface area contributed by atoms with Gasteiger partial charge < -0.3 is 9.47 Å². The van der Waals surface area contributed by atoms with Crippen LogP contribution in [0.1, 0.15) is 49.1 Å². The molecule has 0 radical (unpaired) electrons. The van der Waals surface area contributed by atoms with Crippen LogP contribution < -0.4 is 0 Å². The molecular weight excluding hydrogens is 412 g/mol. The fourth-order valence-electron chi connectivity index (χ4n) is 4.85. The number of Topliss-reactive ketones (excluding diaryl/α,β-unsaturated/α-hetero) is 2. The minimum atomic E-state index is -0.675. The van der Waals surface area contributed by atoms with Crippen molar-refractivity contribution in [2.45, 2.75) is 51.2 Å². The van der Waals surface area contributed by atoms with Crippen LogP contribution in [-0.2, 0) is 19.1 Å². The number of aryl methyl sites for hydroxylation is 1. The van der Waals surface area contributed by atoms with Gasteiger partial charge in [-0.3, -0.25) is 9.59 Å². The van der Waals surface area contributed by atoms with E-state index >= 15 is 0 Å². The van der Waals surface area contributed by atoms with Crippen LogP contribution in [-0.4, -0.2) is 31.1 Å². The van der Waals surface area contributed by atoms with Gasteiger partial charge in [0.1, 0.15) is 17.5 Å². The van der Waals surface area contributed by atoms with Gasteiger partial charge in [0.15, 0.2) is 6.29 Å². The second kappa shape index (κ2) is 8.16. The van der Waals surface area contributed by atoms with Gasteiger partial charge in [0.25, 0.3) is 0 Å². The molecular formula is C26H27ClO4. The predicted octanol–water partition coefficient (Wildman–Crippen LogP) is 5.49. The summed E-state index contributed by atoms with van der Waals surface area (Å²) in [7, 11) is 0. The molecule has 2 aliphatic carbocycles. The zero-order chi connectivity index (χ0) is 21.6. The molecule has 3 fully saturated rings. The largest absolute Gasteiger partial charge is 0.352 e. The molecule has 2 saturated carbocycles. The van der Waals surface area contributed by atoms with E-state index in [-0.39, 0.29) is 29.2 Å². The highest BCUT2D eigenvalue weighted by Crippen LogP contribution is 2.49. The third-order valence-electron chi connectivity index (χ3n) is 7.03. The Hall–Kier alpha value is -2.01. The molecule has 0 unspecified atom stereocenters. The van der Waals surface area contributed by atoms with Crippen molar-refractivity contribution >= 4 is 23.2 Å². The lowest BCUT2D eigenvalue weighted by Gasteiger charge is -2.33. The minimum Gasteiger partial charge on any atom is -0.352 e. The van der Waals surface area contributed by atoms with Crippen molar-refractivity contribution in [2.75, 3.05) is 13.2 Å². The number of benzene rings is 2. The van der Waals surface area contributed by atoms with Crippen LogP contribution in [0.25, 0.3) is 11.1 Å². The van der Waals surface area contributed by atoms with Gasteiger partial charge >= 0.3 is 0 Å². The first-order valence-corrected chi connectivity index (χ1v) is 11.5. The summed E-state index contributed by atoms with van der Waals surface area (Å²) in [6, 6.07) is 13.6. The molecule has 0 amide bonds. The third-order valence-corrected chi connectivity index (χ3v) is 7.28. The molecule has 31 heavy (non-hydrogen) atoms. The van der Waals surface area contributed by atoms with Crippen molar-refractivity contribution in [1.82, 2.24) is 0 Å². The predicted molar refractivity (Wildman–Crippen MR) is 119 cm³/mol. The summed E-state index contributed by atoms with van der Waals surface area (Å²) in [5, 5.41) is 0.679. The van der Waals surface area contributed by atoms with E-state index in [0.29, 0.717) is 24.3 Å². The molecule has 3 aliphatic rings. The lowest BCUT2D eigenvalue weighted by Crippen LogP contribution is -2.38. The number of carbonyl (C=O) groups is 2. The highest BCUT2D eigenvalue weighted by molar-refractivity contribution is 6.30. The van der Waals surface area contributed by atoms with Gasteiger partial charge in [0.05, 0.1) is 13.2 Å². The molecule has 0 atom stereocenters. The number of halogens is 1. The van der Waals surface area contributed by atoms with Gasteiger partial charge in [0, 0.05) is 29.7 Å². The van der Waals surface area contributed by atoms with Crippen molar-refractivity contribution in [3.05, 3.63) is 58.6 Å². The maximum Gasteiger partial charge on any atom is 0.157 e. The molecule has 1 saturated heterocycles. The Morgan fingerprint density at radius 2 is 1.55 bits per heavy atom. The Morgan fingerprint density at radius 1 is 0.935 bits per heavy atom. The highest BCUT2D eigenvalue weighted by Gasteiger charge is 2.47. The maximum absolute atomic E-state index is 13.1. The van der Waals surface area contributed by atoms with Crippen LogP contribution in [0.15, 0.2) is 42.5 Å². The number of rotatable bonds is 4. The summed E-state index contributed by atoms with van der Waals surface area (Å²) < 4.78 is 11.8. The van der Waals surface area contributed by atoms with E-state index in [4.69, 9.17) is 21.1 Å². The van der Waals surface area contributed by atoms with Crippen molar-refractivity contribution < 1.29 is 19.1 Å². The van der Waals surface area contributed by atoms with E-state index < -0.39 is 5.92 Å². The van der Waals surface area contributed by atoms with E-state index in [1.54, 1.807) is 0 Å². The van der Waals surface area contributed by atoms with Gasteiger partial charge in [-0.1, -0.05) is 35.9 Å². The lowest BCUT2D eigenvalue weighted by molar-refractivity contribution is -0.214. The number of carbonyl (C=O) groups excluding carboxylic acids is 2. The van der Waals surface area contributed by atoms with Gasteiger partial charge in [-0.2, -0.15) is 0 Å². The van der Waals surface area contributed by atoms with E-state index in [1.165, 1.54) is 12.8 Å². The second-order valence-corrected chi connectivity index (χ2v) is 9.94. The summed E-state index contributed by atoms with van der Waals surface area (Å²) in [6.07, 6.45) is 3.48. The molecule has 0 N–H and O–H groups in total. The van der Waals surface area contributed by atoms with Crippen LogP contribution in [0, 0.1) is 18.3 Å². The average Bonchev–Trinajstić information content (AvgIpc) is 3.50. The first-order valence-electron chi connectivity index (χ1n) is 11.1. The third kappa shape index (κ3) is 4.34. The highest BCUT2D eigenvalue weighted by atomic mass is 35.5. The molecule has 5 heteroatoms. The molecule has 1 spiro atoms. The van der Waals surface area contributed by atoms with Crippen molar-refractivity contribution in [1.29, 1.82) is 0 Å². The van der Waals surface area contributed by atoms with Gasteiger partial charge in [-0.05, 0) is 66.1 Å². The van der Waals surface area contributed by atoms with Crippen LogP contribution in [0.4, 0.5) is 0 Å². The number of hydrogen-bond acceptors (Lipinski definition) is 4. The Morgan fingerprint density at radius 3 is 2.16 bits per heavy atom. The van der Waals surface area contributed by atoms with Crippen molar-refractivity contribution in [3.8, 4) is 11.1 Å². The van der Waals surface area contributed by atoms with Crippen LogP contribution in [0.3, 0.4) is 0 Å². The van der Waals surface area contributed by atoms with Crippen LogP contribution in [0.2, 0.25) is 5.02 Å². The standard InChI is InChI=1S/C26H27ClO4/c1-16-2-3-19(18-4-6-20(27)7-5-18)13-21(16)25-22(28)10-17(11-23(25)29)12-24-30-14-26(8-9-26)15-31-24/h2-7,13,17,24-25H,8-12,14-15H2,1H3. The number of ether oxygens (including phenoxy) is 2. The first-order chi connectivity index (χ1) is 14.9. The summed E-state index contributed by atoms with van der Waals surface area (Å²) >= 11 is 6.01. The van der Waals surface area contributed by atoms with Crippen molar-refractivity contribution in [3.63, 3.8) is 0 Å². The van der Waals surface area contributed by atoms with E-state index in [2.05, 4.69) is 0 Å². The minimum absolute atomic E-state index is 0.00532. The molecule has 5 rings (SSSR count). The van der Waals surface area contributed by atoms with Gasteiger partial charge in [-0.25, -0.2) is 0 Å². The molecule has 0 aromatic heterocycles. The monoisotopic (exact) mass is 438 g/mol. The molecule has 1 heterocycles. The van der Waals surface area contributed by atoms with Crippen molar-refractivity contribution in [2.24, 2.45) is 11.3 Å². The lowest BCUT2D eigenvalue weighted by atomic mass is 9.74. The van der Waals surface area contributed by atoms with Gasteiger partial charge in [-0.15, -0.1) is 0 Å². The molecule has 1 aliphatic heterocycles. The van der Waals surface area contributed by atoms with Crippen LogP contribution in [0.5, 0.6) is 0 Å². The Bertz CT molecular complexity index is 981. The Labute approximate surface area is 187 Å². The fourth-order valence-corrected chi connectivity index (χ4v) is 4.97. The zero-order valence-electron chi connectivity index (χ0n) is 17.7. The maximum atomic E-state index is 13.1. The molecule has 2 aromatic rings. The molecule has 4 nitrogen and oxygen atoms in total. The quantitative estimate of drug-likeness (QED) is 0.592. The fraction of sp³-hybridized carbons (Fsp3) is 0.462. The second-order valence-electron chi connectivity index (χ2n) is 9.51. The molecule has 0 bridgehead atoms. The zero-order valence-corrected chi connectivity index (χ0v) is 18.5. The van der Waals surface area contributed by atoms with E-state index in [9.17, 15) is 9.59 Å². The van der Waals surface area contributed by atoms with Crippen LogP contribution >= 0.6 is 11.6 Å². The summed E-state index contributed by atoms with van der Waals surface area (Å²) in [4.78, 5) is 26.2. The Balaban J connectivity index is 1.30. The number of hydrogen-bond donors (Lipinski definition) is 0. The normalized spacial score (nSPS) is 25.7.